The SMILES string of the molecule is NNC(c1ccoc1)C1CCCC1. The van der Waals surface area contributed by atoms with Gasteiger partial charge in [-0.15, -0.1) is 0 Å². The third-order valence-electron chi connectivity index (χ3n) is 2.95. The maximum atomic E-state index is 5.55. The lowest BCUT2D eigenvalue weighted by Gasteiger charge is -2.20. The molecule has 1 heterocycles. The number of hydrogen-bond donors (Lipinski definition) is 2. The molecule has 0 aromatic carbocycles. The molecule has 1 aromatic heterocycles. The van der Waals surface area contributed by atoms with Crippen LogP contribution in [0, 0.1) is 5.92 Å². The van der Waals surface area contributed by atoms with E-state index < -0.39 is 0 Å². The van der Waals surface area contributed by atoms with Gasteiger partial charge in [0.1, 0.15) is 0 Å². The van der Waals surface area contributed by atoms with Crippen LogP contribution in [0.5, 0.6) is 0 Å². The van der Waals surface area contributed by atoms with Crippen molar-refractivity contribution in [2.24, 2.45) is 11.8 Å². The molecule has 1 aromatic rings. The Morgan fingerprint density at radius 1 is 1.46 bits per heavy atom. The molecule has 0 amide bonds. The Bertz CT molecular complexity index is 239. The van der Waals surface area contributed by atoms with Crippen molar-refractivity contribution in [3.8, 4) is 0 Å². The molecular formula is C10H16N2O. The van der Waals surface area contributed by atoms with Crippen molar-refractivity contribution < 1.29 is 4.42 Å². The minimum absolute atomic E-state index is 0.279. The lowest BCUT2D eigenvalue weighted by atomic mass is 9.94. The molecule has 0 saturated heterocycles. The first-order valence-corrected chi connectivity index (χ1v) is 4.90. The Kier molecular flexibility index (Phi) is 2.66. The predicted molar refractivity (Wildman–Crippen MR) is 50.7 cm³/mol. The topological polar surface area (TPSA) is 51.2 Å². The van der Waals surface area contributed by atoms with Gasteiger partial charge in [0, 0.05) is 5.56 Å². The van der Waals surface area contributed by atoms with E-state index in [9.17, 15) is 0 Å². The van der Waals surface area contributed by atoms with Crippen LogP contribution in [0.2, 0.25) is 0 Å². The van der Waals surface area contributed by atoms with E-state index in [1.54, 1.807) is 12.5 Å². The first-order chi connectivity index (χ1) is 6.42. The van der Waals surface area contributed by atoms with Gasteiger partial charge in [-0.3, -0.25) is 11.3 Å². The second-order valence-corrected chi connectivity index (χ2v) is 3.75. The van der Waals surface area contributed by atoms with Crippen molar-refractivity contribution in [2.75, 3.05) is 0 Å². The van der Waals surface area contributed by atoms with Gasteiger partial charge in [-0.2, -0.15) is 0 Å². The molecule has 2 rings (SSSR count). The van der Waals surface area contributed by atoms with E-state index in [-0.39, 0.29) is 6.04 Å². The molecule has 0 spiro atoms. The standard InChI is InChI=1S/C10H16N2O/c11-12-10(8-3-1-2-4-8)9-5-6-13-7-9/h5-8,10,12H,1-4,11H2. The number of hydrazine groups is 1. The summed E-state index contributed by atoms with van der Waals surface area (Å²) in [5.41, 5.74) is 4.06. The predicted octanol–water partition coefficient (Wildman–Crippen LogP) is 1.97. The molecule has 72 valence electrons. The summed E-state index contributed by atoms with van der Waals surface area (Å²) in [4.78, 5) is 0. The monoisotopic (exact) mass is 180 g/mol. The summed E-state index contributed by atoms with van der Waals surface area (Å²) < 4.78 is 5.06. The van der Waals surface area contributed by atoms with E-state index in [0.717, 1.165) is 0 Å². The molecule has 3 nitrogen and oxygen atoms in total. The van der Waals surface area contributed by atoms with Gasteiger partial charge in [0.2, 0.25) is 0 Å². The van der Waals surface area contributed by atoms with Gasteiger partial charge >= 0.3 is 0 Å². The largest absolute Gasteiger partial charge is 0.472 e. The van der Waals surface area contributed by atoms with Crippen LogP contribution < -0.4 is 11.3 Å². The summed E-state index contributed by atoms with van der Waals surface area (Å²) in [5, 5.41) is 0. The van der Waals surface area contributed by atoms with Crippen LogP contribution in [0.25, 0.3) is 0 Å². The third kappa shape index (κ3) is 1.76. The highest BCUT2D eigenvalue weighted by atomic mass is 16.3. The summed E-state index contributed by atoms with van der Waals surface area (Å²) in [7, 11) is 0. The van der Waals surface area contributed by atoms with Crippen LogP contribution in [0.1, 0.15) is 37.3 Å². The average Bonchev–Trinajstić information content (AvgIpc) is 2.76. The molecule has 1 unspecified atom stereocenters. The van der Waals surface area contributed by atoms with Crippen molar-refractivity contribution in [1.82, 2.24) is 5.43 Å². The molecule has 3 N–H and O–H groups in total. The van der Waals surface area contributed by atoms with Gasteiger partial charge in [0.25, 0.3) is 0 Å². The molecule has 1 aliphatic carbocycles. The maximum Gasteiger partial charge on any atom is 0.0950 e. The lowest BCUT2D eigenvalue weighted by molar-refractivity contribution is 0.370. The number of nitrogens with two attached hydrogens (primary N) is 1. The molecule has 1 saturated carbocycles. The van der Waals surface area contributed by atoms with Gasteiger partial charge in [-0.05, 0) is 24.8 Å². The Balaban J connectivity index is 2.08. The summed E-state index contributed by atoms with van der Waals surface area (Å²) in [5.74, 6) is 6.24. The highest BCUT2D eigenvalue weighted by molar-refractivity contribution is 5.12. The van der Waals surface area contributed by atoms with Crippen LogP contribution in [0.3, 0.4) is 0 Å². The fraction of sp³-hybridized carbons (Fsp3) is 0.600. The fourth-order valence-electron chi connectivity index (χ4n) is 2.25. The van der Waals surface area contributed by atoms with Crippen LogP contribution in [-0.2, 0) is 0 Å². The Morgan fingerprint density at radius 3 is 2.77 bits per heavy atom. The fourth-order valence-corrected chi connectivity index (χ4v) is 2.25. The minimum atomic E-state index is 0.279. The third-order valence-corrected chi connectivity index (χ3v) is 2.95. The first-order valence-electron chi connectivity index (χ1n) is 4.90. The Morgan fingerprint density at radius 2 is 2.23 bits per heavy atom. The van der Waals surface area contributed by atoms with Gasteiger partial charge < -0.3 is 4.42 Å². The zero-order valence-corrected chi connectivity index (χ0v) is 7.70. The molecule has 3 heteroatoms. The second kappa shape index (κ2) is 3.94. The Hall–Kier alpha value is -0.800. The molecular weight excluding hydrogens is 164 g/mol. The van der Waals surface area contributed by atoms with Crippen LogP contribution >= 0.6 is 0 Å². The maximum absolute atomic E-state index is 5.55. The molecule has 0 bridgehead atoms. The zero-order chi connectivity index (χ0) is 9.10. The van der Waals surface area contributed by atoms with Crippen LogP contribution in [0.4, 0.5) is 0 Å². The van der Waals surface area contributed by atoms with Crippen LogP contribution in [-0.4, -0.2) is 0 Å². The van der Waals surface area contributed by atoms with E-state index in [0.29, 0.717) is 5.92 Å². The van der Waals surface area contributed by atoms with E-state index in [4.69, 9.17) is 10.3 Å². The molecule has 13 heavy (non-hydrogen) atoms. The van der Waals surface area contributed by atoms with E-state index in [1.807, 2.05) is 6.07 Å². The quantitative estimate of drug-likeness (QED) is 0.552. The molecule has 1 aliphatic rings. The highest BCUT2D eigenvalue weighted by Crippen LogP contribution is 2.35. The number of hydrogen-bond acceptors (Lipinski definition) is 3. The molecule has 1 fully saturated rings. The van der Waals surface area contributed by atoms with Crippen molar-refractivity contribution >= 4 is 0 Å². The van der Waals surface area contributed by atoms with Gasteiger partial charge in [-0.1, -0.05) is 12.8 Å². The van der Waals surface area contributed by atoms with Gasteiger partial charge in [0.15, 0.2) is 0 Å². The van der Waals surface area contributed by atoms with Crippen molar-refractivity contribution in [2.45, 2.75) is 31.7 Å². The van der Waals surface area contributed by atoms with E-state index in [1.165, 1.54) is 31.2 Å². The number of rotatable bonds is 3. The summed E-state index contributed by atoms with van der Waals surface area (Å²) in [6, 6.07) is 2.27. The minimum Gasteiger partial charge on any atom is -0.472 e. The lowest BCUT2D eigenvalue weighted by Crippen LogP contribution is -2.32. The molecule has 0 aliphatic heterocycles. The normalized spacial score (nSPS) is 20.7. The van der Waals surface area contributed by atoms with Crippen molar-refractivity contribution in [1.29, 1.82) is 0 Å². The molecule has 1 atom stereocenters. The van der Waals surface area contributed by atoms with Gasteiger partial charge in [0.05, 0.1) is 18.6 Å². The van der Waals surface area contributed by atoms with E-state index in [2.05, 4.69) is 5.43 Å². The summed E-state index contributed by atoms with van der Waals surface area (Å²) in [6.45, 7) is 0. The summed E-state index contributed by atoms with van der Waals surface area (Å²) >= 11 is 0. The summed E-state index contributed by atoms with van der Waals surface area (Å²) in [6.07, 6.45) is 8.71. The van der Waals surface area contributed by atoms with Crippen molar-refractivity contribution in [3.63, 3.8) is 0 Å². The average molecular weight is 180 g/mol. The Labute approximate surface area is 78.3 Å². The zero-order valence-electron chi connectivity index (χ0n) is 7.70. The smallest absolute Gasteiger partial charge is 0.0950 e. The second-order valence-electron chi connectivity index (χ2n) is 3.75. The first kappa shape index (κ1) is 8.78. The van der Waals surface area contributed by atoms with Gasteiger partial charge in [-0.25, -0.2) is 0 Å². The van der Waals surface area contributed by atoms with Crippen molar-refractivity contribution in [3.05, 3.63) is 24.2 Å². The van der Waals surface area contributed by atoms with Crippen LogP contribution in [0.15, 0.2) is 23.0 Å². The van der Waals surface area contributed by atoms with E-state index >= 15 is 0 Å². The molecule has 0 radical (unpaired) electrons. The number of nitrogens with one attached hydrogen (secondary N) is 1. The number of furan rings is 1. The highest BCUT2D eigenvalue weighted by Gasteiger charge is 2.25.